The molecule has 0 aliphatic carbocycles. The van der Waals surface area contributed by atoms with E-state index in [-0.39, 0.29) is 0 Å². The van der Waals surface area contributed by atoms with Crippen LogP contribution in [0.4, 0.5) is 5.69 Å². The second-order valence-electron chi connectivity index (χ2n) is 4.14. The van der Waals surface area contributed by atoms with Crippen molar-refractivity contribution in [2.75, 3.05) is 12.4 Å². The molecule has 2 unspecified atom stereocenters. The number of nitrogens with one attached hydrogen (secondary N) is 1. The number of fused-ring (bicyclic) bond motifs is 1. The predicted molar refractivity (Wildman–Crippen MR) is 59.1 cm³/mol. The van der Waals surface area contributed by atoms with Crippen LogP contribution in [0.25, 0.3) is 0 Å². The first-order valence-corrected chi connectivity index (χ1v) is 5.15. The van der Waals surface area contributed by atoms with E-state index in [1.165, 1.54) is 17.7 Å². The Morgan fingerprint density at radius 3 is 2.86 bits per heavy atom. The van der Waals surface area contributed by atoms with E-state index in [1.807, 2.05) is 6.07 Å². The van der Waals surface area contributed by atoms with E-state index in [1.54, 1.807) is 7.11 Å². The van der Waals surface area contributed by atoms with Gasteiger partial charge in [0.1, 0.15) is 5.75 Å². The van der Waals surface area contributed by atoms with E-state index in [4.69, 9.17) is 4.74 Å². The maximum atomic E-state index is 5.21. The molecule has 0 amide bonds. The minimum Gasteiger partial charge on any atom is -0.497 e. The zero-order chi connectivity index (χ0) is 10.1. The highest BCUT2D eigenvalue weighted by Gasteiger charge is 2.20. The molecule has 0 saturated heterocycles. The Bertz CT molecular complexity index is 335. The molecule has 1 aliphatic heterocycles. The lowest BCUT2D eigenvalue weighted by Crippen LogP contribution is -2.24. The van der Waals surface area contributed by atoms with Crippen LogP contribution in [-0.4, -0.2) is 13.2 Å². The maximum Gasteiger partial charge on any atom is 0.120 e. The van der Waals surface area contributed by atoms with E-state index in [0.717, 1.165) is 5.75 Å². The van der Waals surface area contributed by atoms with Crippen molar-refractivity contribution in [1.82, 2.24) is 0 Å². The molecular formula is C12H17NO. The van der Waals surface area contributed by atoms with Gasteiger partial charge in [0.2, 0.25) is 0 Å². The molecule has 1 heterocycles. The highest BCUT2D eigenvalue weighted by atomic mass is 16.5. The van der Waals surface area contributed by atoms with Crippen molar-refractivity contribution in [2.45, 2.75) is 32.2 Å². The van der Waals surface area contributed by atoms with E-state index >= 15 is 0 Å². The van der Waals surface area contributed by atoms with Crippen molar-refractivity contribution in [1.29, 1.82) is 0 Å². The quantitative estimate of drug-likeness (QED) is 0.736. The van der Waals surface area contributed by atoms with E-state index in [2.05, 4.69) is 31.3 Å². The normalized spacial score (nSPS) is 25.1. The van der Waals surface area contributed by atoms with E-state index < -0.39 is 0 Å². The first-order valence-electron chi connectivity index (χ1n) is 5.15. The van der Waals surface area contributed by atoms with E-state index in [0.29, 0.717) is 12.0 Å². The summed E-state index contributed by atoms with van der Waals surface area (Å²) in [5.41, 5.74) is 2.64. The number of hydrogen-bond acceptors (Lipinski definition) is 2. The van der Waals surface area contributed by atoms with Crippen molar-refractivity contribution in [2.24, 2.45) is 0 Å². The Morgan fingerprint density at radius 2 is 2.14 bits per heavy atom. The SMILES string of the molecule is COc1ccc2c(c1)NC(C)CC2C. The second-order valence-corrected chi connectivity index (χ2v) is 4.14. The summed E-state index contributed by atoms with van der Waals surface area (Å²) in [6.07, 6.45) is 1.21. The number of hydrogen-bond donors (Lipinski definition) is 1. The van der Waals surface area contributed by atoms with Gasteiger partial charge in [0.15, 0.2) is 0 Å². The number of benzene rings is 1. The minimum atomic E-state index is 0.560. The summed E-state index contributed by atoms with van der Waals surface area (Å²) in [7, 11) is 1.71. The molecule has 0 radical (unpaired) electrons. The molecule has 76 valence electrons. The molecule has 0 saturated carbocycles. The van der Waals surface area contributed by atoms with E-state index in [9.17, 15) is 0 Å². The second kappa shape index (κ2) is 3.52. The molecule has 0 aromatic heterocycles. The molecule has 1 N–H and O–H groups in total. The Balaban J connectivity index is 2.39. The fraction of sp³-hybridized carbons (Fsp3) is 0.500. The average molecular weight is 191 g/mol. The van der Waals surface area contributed by atoms with Gasteiger partial charge < -0.3 is 10.1 Å². The van der Waals surface area contributed by atoms with Crippen LogP contribution in [0.1, 0.15) is 31.7 Å². The summed E-state index contributed by atoms with van der Waals surface area (Å²) in [6, 6.07) is 6.84. The van der Waals surface area contributed by atoms with Crippen LogP contribution >= 0.6 is 0 Å². The lowest BCUT2D eigenvalue weighted by atomic mass is 9.89. The highest BCUT2D eigenvalue weighted by Crippen LogP contribution is 2.35. The minimum absolute atomic E-state index is 0.560. The van der Waals surface area contributed by atoms with Gasteiger partial charge >= 0.3 is 0 Å². The van der Waals surface area contributed by atoms with Crippen LogP contribution in [0.2, 0.25) is 0 Å². The fourth-order valence-corrected chi connectivity index (χ4v) is 2.20. The zero-order valence-electron chi connectivity index (χ0n) is 9.00. The Morgan fingerprint density at radius 1 is 1.36 bits per heavy atom. The van der Waals surface area contributed by atoms with Crippen molar-refractivity contribution < 1.29 is 4.74 Å². The van der Waals surface area contributed by atoms with Crippen LogP contribution in [0.15, 0.2) is 18.2 Å². The van der Waals surface area contributed by atoms with Gasteiger partial charge in [0, 0.05) is 17.8 Å². The molecule has 2 heteroatoms. The van der Waals surface area contributed by atoms with Gasteiger partial charge in [-0.2, -0.15) is 0 Å². The summed E-state index contributed by atoms with van der Waals surface area (Å²) in [4.78, 5) is 0. The number of rotatable bonds is 1. The third-order valence-corrected chi connectivity index (χ3v) is 2.90. The van der Waals surface area contributed by atoms with Crippen molar-refractivity contribution in [3.63, 3.8) is 0 Å². The lowest BCUT2D eigenvalue weighted by molar-refractivity contribution is 0.414. The molecule has 0 spiro atoms. The predicted octanol–water partition coefficient (Wildman–Crippen LogP) is 3.00. The Kier molecular flexibility index (Phi) is 2.36. The smallest absolute Gasteiger partial charge is 0.120 e. The number of anilines is 1. The fourth-order valence-electron chi connectivity index (χ4n) is 2.20. The summed E-state index contributed by atoms with van der Waals surface area (Å²) in [6.45, 7) is 4.50. The first-order chi connectivity index (χ1) is 6.70. The summed E-state index contributed by atoms with van der Waals surface area (Å²) in [5, 5.41) is 3.48. The molecule has 0 fully saturated rings. The maximum absolute atomic E-state index is 5.21. The lowest BCUT2D eigenvalue weighted by Gasteiger charge is -2.29. The molecule has 14 heavy (non-hydrogen) atoms. The third kappa shape index (κ3) is 1.57. The van der Waals surface area contributed by atoms with Crippen LogP contribution in [-0.2, 0) is 0 Å². The summed E-state index contributed by atoms with van der Waals surface area (Å²) in [5.74, 6) is 1.57. The van der Waals surface area contributed by atoms with Gasteiger partial charge in [-0.25, -0.2) is 0 Å². The topological polar surface area (TPSA) is 21.3 Å². The largest absolute Gasteiger partial charge is 0.497 e. The van der Waals surface area contributed by atoms with Gasteiger partial charge in [-0.1, -0.05) is 13.0 Å². The molecule has 2 nitrogen and oxygen atoms in total. The summed E-state index contributed by atoms with van der Waals surface area (Å²) >= 11 is 0. The van der Waals surface area contributed by atoms with Gasteiger partial charge in [0.25, 0.3) is 0 Å². The molecule has 1 aromatic carbocycles. The standard InChI is InChI=1S/C12H17NO/c1-8-6-9(2)13-12-7-10(14-3)4-5-11(8)12/h4-5,7-9,13H,6H2,1-3H3. The number of methoxy groups -OCH3 is 1. The Labute approximate surface area is 85.3 Å². The van der Waals surface area contributed by atoms with Crippen LogP contribution in [0, 0.1) is 0 Å². The molecule has 1 aliphatic rings. The molecule has 0 bridgehead atoms. The number of ether oxygens (including phenoxy) is 1. The van der Waals surface area contributed by atoms with Gasteiger partial charge in [-0.3, -0.25) is 0 Å². The van der Waals surface area contributed by atoms with Crippen molar-refractivity contribution in [3.8, 4) is 5.75 Å². The van der Waals surface area contributed by atoms with Crippen LogP contribution in [0.3, 0.4) is 0 Å². The van der Waals surface area contributed by atoms with Gasteiger partial charge in [-0.15, -0.1) is 0 Å². The average Bonchev–Trinajstić information content (AvgIpc) is 2.16. The van der Waals surface area contributed by atoms with Crippen molar-refractivity contribution in [3.05, 3.63) is 23.8 Å². The first kappa shape index (κ1) is 9.38. The molecule has 1 aromatic rings. The van der Waals surface area contributed by atoms with Gasteiger partial charge in [-0.05, 0) is 30.9 Å². The third-order valence-electron chi connectivity index (χ3n) is 2.90. The zero-order valence-corrected chi connectivity index (χ0v) is 9.00. The highest BCUT2D eigenvalue weighted by molar-refractivity contribution is 5.58. The molecule has 2 rings (SSSR count). The van der Waals surface area contributed by atoms with Crippen molar-refractivity contribution >= 4 is 5.69 Å². The molecule has 2 atom stereocenters. The van der Waals surface area contributed by atoms with Gasteiger partial charge in [0.05, 0.1) is 7.11 Å². The van der Waals surface area contributed by atoms with Crippen LogP contribution < -0.4 is 10.1 Å². The summed E-state index contributed by atoms with van der Waals surface area (Å²) < 4.78 is 5.21. The monoisotopic (exact) mass is 191 g/mol. The molecular weight excluding hydrogens is 174 g/mol. The van der Waals surface area contributed by atoms with Crippen LogP contribution in [0.5, 0.6) is 5.75 Å². The Hall–Kier alpha value is -1.18.